The first-order chi connectivity index (χ1) is 13.2. The fourth-order valence-corrected chi connectivity index (χ4v) is 4.64. The van der Waals surface area contributed by atoms with Crippen molar-refractivity contribution >= 4 is 17.7 Å². The Labute approximate surface area is 164 Å². The molecule has 0 bridgehead atoms. The molecule has 2 aliphatic heterocycles. The van der Waals surface area contributed by atoms with E-state index in [0.29, 0.717) is 5.75 Å². The predicted molar refractivity (Wildman–Crippen MR) is 106 cm³/mol. The number of anilines is 1. The number of ether oxygens (including phenoxy) is 1. The molecule has 146 valence electrons. The average molecular weight is 391 g/mol. The Morgan fingerprint density at radius 3 is 2.81 bits per heavy atom. The molecule has 5 nitrogen and oxygen atoms in total. The highest BCUT2D eigenvalue weighted by atomic mass is 32.2. The van der Waals surface area contributed by atoms with Crippen LogP contribution < -0.4 is 4.90 Å². The van der Waals surface area contributed by atoms with Crippen LogP contribution in [0.3, 0.4) is 0 Å². The van der Waals surface area contributed by atoms with Gasteiger partial charge in [-0.1, -0.05) is 30.8 Å². The highest BCUT2D eigenvalue weighted by molar-refractivity contribution is 7.98. The van der Waals surface area contributed by atoms with E-state index in [2.05, 4.69) is 26.6 Å². The van der Waals surface area contributed by atoms with E-state index in [1.54, 1.807) is 23.9 Å². The smallest absolute Gasteiger partial charge is 0.228 e. The minimum atomic E-state index is -0.197. The molecule has 1 aromatic heterocycles. The van der Waals surface area contributed by atoms with Crippen molar-refractivity contribution in [3.05, 3.63) is 35.6 Å². The summed E-state index contributed by atoms with van der Waals surface area (Å²) in [5.41, 5.74) is 0.958. The number of piperidine rings is 1. The Morgan fingerprint density at radius 2 is 2.07 bits per heavy atom. The van der Waals surface area contributed by atoms with Crippen LogP contribution in [0.1, 0.15) is 38.2 Å². The van der Waals surface area contributed by atoms with Crippen molar-refractivity contribution in [2.75, 3.05) is 24.6 Å². The normalized spacial score (nSPS) is 21.1. The van der Waals surface area contributed by atoms with Crippen molar-refractivity contribution in [2.45, 2.75) is 56.2 Å². The molecule has 0 aliphatic carbocycles. The van der Waals surface area contributed by atoms with Crippen LogP contribution in [0.25, 0.3) is 0 Å². The SMILES string of the molecule is CC1CCN(c2nnc(SCc3cccc(F)c3)n2CC2CCCO2)CC1. The zero-order valence-corrected chi connectivity index (χ0v) is 16.6. The van der Waals surface area contributed by atoms with Gasteiger partial charge in [-0.3, -0.25) is 4.57 Å². The third-order valence-corrected chi connectivity index (χ3v) is 6.47. The minimum Gasteiger partial charge on any atom is -0.376 e. The second-order valence-electron chi connectivity index (χ2n) is 7.62. The van der Waals surface area contributed by atoms with Crippen molar-refractivity contribution in [1.82, 2.24) is 14.8 Å². The highest BCUT2D eigenvalue weighted by Crippen LogP contribution is 2.29. The summed E-state index contributed by atoms with van der Waals surface area (Å²) >= 11 is 1.62. The van der Waals surface area contributed by atoms with Crippen molar-refractivity contribution in [3.8, 4) is 0 Å². The molecule has 2 fully saturated rings. The molecule has 2 saturated heterocycles. The molecule has 3 heterocycles. The first-order valence-electron chi connectivity index (χ1n) is 9.86. The predicted octanol–water partition coefficient (Wildman–Crippen LogP) is 4.12. The van der Waals surface area contributed by atoms with Crippen molar-refractivity contribution < 1.29 is 9.13 Å². The topological polar surface area (TPSA) is 43.2 Å². The number of hydrogen-bond acceptors (Lipinski definition) is 5. The fourth-order valence-electron chi connectivity index (χ4n) is 3.76. The van der Waals surface area contributed by atoms with Crippen LogP contribution in [-0.2, 0) is 17.0 Å². The zero-order chi connectivity index (χ0) is 18.6. The second-order valence-corrected chi connectivity index (χ2v) is 8.56. The third-order valence-electron chi connectivity index (χ3n) is 5.43. The molecule has 0 spiro atoms. The number of rotatable bonds is 6. The number of nitrogens with zero attached hydrogens (tertiary/aromatic N) is 4. The van der Waals surface area contributed by atoms with Crippen LogP contribution in [0.5, 0.6) is 0 Å². The van der Waals surface area contributed by atoms with E-state index >= 15 is 0 Å². The summed E-state index contributed by atoms with van der Waals surface area (Å²) in [6, 6.07) is 6.76. The Balaban J connectivity index is 1.52. The molecule has 2 aliphatic rings. The second kappa shape index (κ2) is 8.61. The zero-order valence-electron chi connectivity index (χ0n) is 15.8. The first-order valence-corrected chi connectivity index (χ1v) is 10.8. The summed E-state index contributed by atoms with van der Waals surface area (Å²) in [6.45, 7) is 6.00. The Bertz CT molecular complexity index is 754. The van der Waals surface area contributed by atoms with Gasteiger partial charge in [0, 0.05) is 25.4 Å². The maximum atomic E-state index is 13.5. The summed E-state index contributed by atoms with van der Waals surface area (Å²) in [5, 5.41) is 9.89. The molecular formula is C20H27FN4OS. The van der Waals surface area contributed by atoms with Gasteiger partial charge in [-0.05, 0) is 49.3 Å². The van der Waals surface area contributed by atoms with Gasteiger partial charge < -0.3 is 9.64 Å². The number of hydrogen-bond donors (Lipinski definition) is 0. The van der Waals surface area contributed by atoms with Crippen LogP contribution in [0.2, 0.25) is 0 Å². The van der Waals surface area contributed by atoms with Crippen LogP contribution in [0, 0.1) is 11.7 Å². The molecule has 7 heteroatoms. The van der Waals surface area contributed by atoms with Gasteiger partial charge in [-0.25, -0.2) is 4.39 Å². The molecule has 4 rings (SSSR count). The first kappa shape index (κ1) is 18.7. The molecular weight excluding hydrogens is 363 g/mol. The van der Waals surface area contributed by atoms with Crippen LogP contribution >= 0.6 is 11.8 Å². The maximum Gasteiger partial charge on any atom is 0.228 e. The standard InChI is InChI=1S/C20H27FN4OS/c1-15-7-9-24(10-8-15)19-22-23-20(25(19)13-18-6-3-11-26-18)27-14-16-4-2-5-17(21)12-16/h2,4-5,12,15,18H,3,6-11,13-14H2,1H3. The van der Waals surface area contributed by atoms with E-state index < -0.39 is 0 Å². The van der Waals surface area contributed by atoms with Gasteiger partial charge in [0.25, 0.3) is 0 Å². The van der Waals surface area contributed by atoms with Crippen molar-refractivity contribution in [3.63, 3.8) is 0 Å². The molecule has 1 unspecified atom stereocenters. The van der Waals surface area contributed by atoms with Crippen LogP contribution in [0.4, 0.5) is 10.3 Å². The van der Waals surface area contributed by atoms with Gasteiger partial charge in [0.2, 0.25) is 5.95 Å². The molecule has 2 aromatic rings. The lowest BCUT2D eigenvalue weighted by Crippen LogP contribution is -2.35. The van der Waals surface area contributed by atoms with Crippen molar-refractivity contribution in [1.29, 1.82) is 0 Å². The summed E-state index contributed by atoms with van der Waals surface area (Å²) < 4.78 is 21.5. The van der Waals surface area contributed by atoms with Crippen LogP contribution in [0.15, 0.2) is 29.4 Å². The summed E-state index contributed by atoms with van der Waals surface area (Å²) in [7, 11) is 0. The molecule has 1 atom stereocenters. The van der Waals surface area contributed by atoms with E-state index in [-0.39, 0.29) is 11.9 Å². The lowest BCUT2D eigenvalue weighted by molar-refractivity contribution is 0.0951. The Hall–Kier alpha value is -1.60. The fraction of sp³-hybridized carbons (Fsp3) is 0.600. The van der Waals surface area contributed by atoms with Gasteiger partial charge in [-0.2, -0.15) is 0 Å². The molecule has 0 saturated carbocycles. The average Bonchev–Trinajstić information content (AvgIpc) is 3.31. The Kier molecular flexibility index (Phi) is 5.98. The van der Waals surface area contributed by atoms with Gasteiger partial charge in [0.05, 0.1) is 12.6 Å². The largest absolute Gasteiger partial charge is 0.376 e. The minimum absolute atomic E-state index is 0.197. The van der Waals surface area contributed by atoms with E-state index in [4.69, 9.17) is 4.74 Å². The van der Waals surface area contributed by atoms with Gasteiger partial charge in [0.1, 0.15) is 5.82 Å². The summed E-state index contributed by atoms with van der Waals surface area (Å²) in [5.74, 6) is 2.21. The number of aromatic nitrogens is 3. The Morgan fingerprint density at radius 1 is 1.22 bits per heavy atom. The van der Waals surface area contributed by atoms with Gasteiger partial charge in [0.15, 0.2) is 5.16 Å². The van der Waals surface area contributed by atoms with E-state index in [0.717, 1.165) is 61.7 Å². The van der Waals surface area contributed by atoms with E-state index in [1.165, 1.54) is 18.9 Å². The molecule has 27 heavy (non-hydrogen) atoms. The summed E-state index contributed by atoms with van der Waals surface area (Å²) in [6.07, 6.45) is 4.83. The van der Waals surface area contributed by atoms with E-state index in [9.17, 15) is 4.39 Å². The van der Waals surface area contributed by atoms with Crippen molar-refractivity contribution in [2.24, 2.45) is 5.92 Å². The highest BCUT2D eigenvalue weighted by Gasteiger charge is 2.25. The molecule has 0 N–H and O–H groups in total. The van der Waals surface area contributed by atoms with Gasteiger partial charge in [-0.15, -0.1) is 10.2 Å². The number of benzene rings is 1. The summed E-state index contributed by atoms with van der Waals surface area (Å²) in [4.78, 5) is 2.36. The van der Waals surface area contributed by atoms with E-state index in [1.807, 2.05) is 6.07 Å². The van der Waals surface area contributed by atoms with Crippen LogP contribution in [-0.4, -0.2) is 40.6 Å². The van der Waals surface area contributed by atoms with Gasteiger partial charge >= 0.3 is 0 Å². The quantitative estimate of drug-likeness (QED) is 0.694. The number of thioether (sulfide) groups is 1. The molecule has 1 aromatic carbocycles. The number of halogens is 1. The monoisotopic (exact) mass is 390 g/mol. The third kappa shape index (κ3) is 4.63. The lowest BCUT2D eigenvalue weighted by Gasteiger charge is -2.31. The lowest BCUT2D eigenvalue weighted by atomic mass is 10.00. The maximum absolute atomic E-state index is 13.5. The molecule has 0 amide bonds. The molecule has 0 radical (unpaired) electrons.